The van der Waals surface area contributed by atoms with E-state index >= 15 is 0 Å². The lowest BCUT2D eigenvalue weighted by Gasteiger charge is -2.07. The largest absolute Gasteiger partial charge is 0.481 e. The van der Waals surface area contributed by atoms with Crippen molar-refractivity contribution in [1.82, 2.24) is 9.78 Å². The molecular weight excluding hydrogens is 296 g/mol. The van der Waals surface area contributed by atoms with Crippen LogP contribution in [-0.4, -0.2) is 22.0 Å². The number of halogens is 1. The second-order valence-corrected chi connectivity index (χ2v) is 4.75. The van der Waals surface area contributed by atoms with E-state index in [2.05, 4.69) is 21.0 Å². The number of ether oxygens (including phenoxy) is 1. The number of methoxy groups -OCH3 is 1. The number of hydrogen-bond acceptors (Lipinski definition) is 3. The molecule has 0 saturated carbocycles. The molecule has 1 aromatic carbocycles. The highest BCUT2D eigenvalue weighted by Gasteiger charge is 2.17. The molecule has 0 bridgehead atoms. The first-order valence-corrected chi connectivity index (χ1v) is 6.52. The van der Waals surface area contributed by atoms with Gasteiger partial charge in [0.1, 0.15) is 0 Å². The van der Waals surface area contributed by atoms with Crippen LogP contribution in [0.1, 0.15) is 18.2 Å². The fourth-order valence-electron chi connectivity index (χ4n) is 1.89. The van der Waals surface area contributed by atoms with E-state index in [0.717, 1.165) is 27.8 Å². The van der Waals surface area contributed by atoms with Crippen molar-refractivity contribution in [2.75, 3.05) is 7.11 Å². The summed E-state index contributed by atoms with van der Waals surface area (Å²) in [6.45, 7) is 1.94. The van der Waals surface area contributed by atoms with Crippen molar-refractivity contribution in [1.29, 1.82) is 0 Å². The number of benzene rings is 1. The molecule has 0 radical (unpaired) electrons. The van der Waals surface area contributed by atoms with E-state index in [-0.39, 0.29) is 6.61 Å². The van der Waals surface area contributed by atoms with Crippen LogP contribution < -0.4 is 4.74 Å². The Kier molecular flexibility index (Phi) is 4.04. The van der Waals surface area contributed by atoms with Crippen LogP contribution in [-0.2, 0) is 13.0 Å². The van der Waals surface area contributed by atoms with Gasteiger partial charge in [0.25, 0.3) is 0 Å². The predicted octanol–water partition coefficient (Wildman–Crippen LogP) is 2.70. The first-order valence-electron chi connectivity index (χ1n) is 5.72. The third kappa shape index (κ3) is 2.28. The summed E-state index contributed by atoms with van der Waals surface area (Å²) in [6, 6.07) is 7.78. The molecule has 4 nitrogen and oxygen atoms in total. The Balaban J connectivity index is 2.56. The van der Waals surface area contributed by atoms with Gasteiger partial charge in [-0.25, -0.2) is 4.68 Å². The van der Waals surface area contributed by atoms with Gasteiger partial charge in [0.15, 0.2) is 0 Å². The monoisotopic (exact) mass is 310 g/mol. The molecule has 0 aliphatic rings. The molecule has 0 spiro atoms. The molecular formula is C13H15BrN2O2. The molecule has 0 aliphatic carbocycles. The van der Waals surface area contributed by atoms with Crippen molar-refractivity contribution < 1.29 is 9.84 Å². The average molecular weight is 311 g/mol. The minimum absolute atomic E-state index is 0.0666. The number of aliphatic hydroxyl groups is 1. The van der Waals surface area contributed by atoms with Gasteiger partial charge in [-0.3, -0.25) is 0 Å². The van der Waals surface area contributed by atoms with Crippen LogP contribution in [0.4, 0.5) is 0 Å². The first-order chi connectivity index (χ1) is 8.71. The lowest BCUT2D eigenvalue weighted by molar-refractivity contribution is 0.271. The van der Waals surface area contributed by atoms with Crippen LogP contribution in [0.15, 0.2) is 28.7 Å². The van der Waals surface area contributed by atoms with E-state index in [1.807, 2.05) is 31.2 Å². The maximum absolute atomic E-state index is 9.43. The Morgan fingerprint density at radius 1 is 1.33 bits per heavy atom. The summed E-state index contributed by atoms with van der Waals surface area (Å²) < 4.78 is 8.09. The Hall–Kier alpha value is -1.33. The van der Waals surface area contributed by atoms with Gasteiger partial charge in [0.2, 0.25) is 5.88 Å². The van der Waals surface area contributed by atoms with Crippen LogP contribution in [0.5, 0.6) is 5.88 Å². The van der Waals surface area contributed by atoms with Crippen molar-refractivity contribution in [3.05, 3.63) is 40.0 Å². The molecule has 0 fully saturated rings. The van der Waals surface area contributed by atoms with Crippen molar-refractivity contribution in [2.45, 2.75) is 20.0 Å². The predicted molar refractivity (Wildman–Crippen MR) is 73.1 cm³/mol. The fourth-order valence-corrected chi connectivity index (χ4v) is 2.15. The summed E-state index contributed by atoms with van der Waals surface area (Å²) in [5.41, 5.74) is 2.52. The fraction of sp³-hybridized carbons (Fsp3) is 0.308. The van der Waals surface area contributed by atoms with E-state index in [1.165, 1.54) is 0 Å². The lowest BCUT2D eigenvalue weighted by atomic mass is 10.2. The topological polar surface area (TPSA) is 47.3 Å². The molecule has 2 rings (SSSR count). The van der Waals surface area contributed by atoms with Gasteiger partial charge < -0.3 is 9.84 Å². The van der Waals surface area contributed by atoms with Crippen molar-refractivity contribution in [3.8, 4) is 11.6 Å². The van der Waals surface area contributed by atoms with E-state index in [4.69, 9.17) is 4.74 Å². The number of aliphatic hydroxyl groups excluding tert-OH is 1. The van der Waals surface area contributed by atoms with E-state index in [0.29, 0.717) is 5.88 Å². The van der Waals surface area contributed by atoms with E-state index in [1.54, 1.807) is 11.8 Å². The third-order valence-electron chi connectivity index (χ3n) is 2.78. The van der Waals surface area contributed by atoms with Gasteiger partial charge in [0.05, 0.1) is 30.7 Å². The summed E-state index contributed by atoms with van der Waals surface area (Å²) in [6.07, 6.45) is 0.760. The molecule has 0 saturated heterocycles. The SMILES string of the molecule is CCc1nn(-c2ccc(Br)cc2)c(OC)c1CO. The number of aryl methyl sites for hydroxylation is 1. The number of aromatic nitrogens is 2. The smallest absolute Gasteiger partial charge is 0.222 e. The van der Waals surface area contributed by atoms with Crippen molar-refractivity contribution in [3.63, 3.8) is 0 Å². The molecule has 0 aliphatic heterocycles. The molecule has 2 aromatic rings. The zero-order valence-corrected chi connectivity index (χ0v) is 11.9. The van der Waals surface area contributed by atoms with Crippen LogP contribution in [0, 0.1) is 0 Å². The number of hydrogen-bond donors (Lipinski definition) is 1. The molecule has 1 aromatic heterocycles. The Morgan fingerprint density at radius 3 is 2.50 bits per heavy atom. The molecule has 0 unspecified atom stereocenters. The van der Waals surface area contributed by atoms with E-state index in [9.17, 15) is 5.11 Å². The molecule has 1 N–H and O–H groups in total. The minimum atomic E-state index is -0.0666. The summed E-state index contributed by atoms with van der Waals surface area (Å²) in [5, 5.41) is 13.9. The first kappa shape index (κ1) is 13.1. The van der Waals surface area contributed by atoms with Crippen LogP contribution in [0.3, 0.4) is 0 Å². The van der Waals surface area contributed by atoms with Gasteiger partial charge >= 0.3 is 0 Å². The maximum atomic E-state index is 9.43. The van der Waals surface area contributed by atoms with Gasteiger partial charge in [0, 0.05) is 4.47 Å². The molecule has 1 heterocycles. The number of nitrogens with zero attached hydrogens (tertiary/aromatic N) is 2. The van der Waals surface area contributed by atoms with Crippen molar-refractivity contribution >= 4 is 15.9 Å². The summed E-state index contributed by atoms with van der Waals surface area (Å²) >= 11 is 3.40. The summed E-state index contributed by atoms with van der Waals surface area (Å²) in [4.78, 5) is 0. The third-order valence-corrected chi connectivity index (χ3v) is 3.31. The van der Waals surface area contributed by atoms with Gasteiger partial charge in [-0.05, 0) is 30.7 Å². The maximum Gasteiger partial charge on any atom is 0.222 e. The Bertz CT molecular complexity index is 535. The van der Waals surface area contributed by atoms with Crippen LogP contribution in [0.2, 0.25) is 0 Å². The van der Waals surface area contributed by atoms with Crippen LogP contribution in [0.25, 0.3) is 5.69 Å². The zero-order valence-electron chi connectivity index (χ0n) is 10.4. The highest BCUT2D eigenvalue weighted by atomic mass is 79.9. The Morgan fingerprint density at radius 2 is 2.00 bits per heavy atom. The molecule has 18 heavy (non-hydrogen) atoms. The van der Waals surface area contributed by atoms with Gasteiger partial charge in [-0.2, -0.15) is 5.10 Å². The second-order valence-electron chi connectivity index (χ2n) is 3.83. The van der Waals surface area contributed by atoms with Crippen molar-refractivity contribution in [2.24, 2.45) is 0 Å². The highest BCUT2D eigenvalue weighted by molar-refractivity contribution is 9.10. The zero-order chi connectivity index (χ0) is 13.1. The van der Waals surface area contributed by atoms with Gasteiger partial charge in [-0.1, -0.05) is 22.9 Å². The number of rotatable bonds is 4. The second kappa shape index (κ2) is 5.54. The van der Waals surface area contributed by atoms with E-state index < -0.39 is 0 Å². The Labute approximate surface area is 114 Å². The van der Waals surface area contributed by atoms with Gasteiger partial charge in [-0.15, -0.1) is 0 Å². The molecule has 0 atom stereocenters. The minimum Gasteiger partial charge on any atom is -0.481 e. The van der Waals surface area contributed by atoms with Crippen LogP contribution >= 0.6 is 15.9 Å². The normalized spacial score (nSPS) is 10.7. The molecule has 5 heteroatoms. The molecule has 96 valence electrons. The molecule has 0 amide bonds. The highest BCUT2D eigenvalue weighted by Crippen LogP contribution is 2.27. The summed E-state index contributed by atoms with van der Waals surface area (Å²) in [7, 11) is 1.59. The standard InChI is InChI=1S/C13H15BrN2O2/c1-3-12-11(8-17)13(18-2)16(15-12)10-6-4-9(14)5-7-10/h4-7,17H,3,8H2,1-2H3. The summed E-state index contributed by atoms with van der Waals surface area (Å²) in [5.74, 6) is 0.594. The lowest BCUT2D eigenvalue weighted by Crippen LogP contribution is -2.00. The quantitative estimate of drug-likeness (QED) is 0.944. The average Bonchev–Trinajstić information content (AvgIpc) is 2.77.